The summed E-state index contributed by atoms with van der Waals surface area (Å²) in [6.45, 7) is 0.117. The van der Waals surface area contributed by atoms with E-state index in [9.17, 15) is 22.8 Å². The predicted molar refractivity (Wildman–Crippen MR) is 113 cm³/mol. The maximum Gasteiger partial charge on any atom is 0.325 e. The van der Waals surface area contributed by atoms with Crippen LogP contribution in [0.5, 0.6) is 5.75 Å². The first-order valence-corrected chi connectivity index (χ1v) is 11.5. The molecule has 4 N–H and O–H groups in total. The molecular weight excluding hydrogens is 436 g/mol. The van der Waals surface area contributed by atoms with Crippen LogP contribution < -0.4 is 20.5 Å². The van der Waals surface area contributed by atoms with E-state index in [-0.39, 0.29) is 24.5 Å². The maximum absolute atomic E-state index is 13.1. The molecule has 0 saturated carbocycles. The van der Waals surface area contributed by atoms with Crippen LogP contribution in [0.2, 0.25) is 0 Å². The summed E-state index contributed by atoms with van der Waals surface area (Å²) in [6, 6.07) is 12.4. The molecule has 0 radical (unpaired) electrons. The van der Waals surface area contributed by atoms with Crippen molar-refractivity contribution in [3.05, 3.63) is 59.7 Å². The Hall–Kier alpha value is -3.44. The van der Waals surface area contributed by atoms with E-state index in [4.69, 9.17) is 9.88 Å². The fourth-order valence-corrected chi connectivity index (χ4v) is 4.42. The number of ether oxygens (including phenoxy) is 1. The zero-order valence-electron chi connectivity index (χ0n) is 17.0. The number of rotatable bonds is 6. The molecule has 1 atom stereocenters. The van der Waals surface area contributed by atoms with Gasteiger partial charge in [0.05, 0.1) is 11.5 Å². The Morgan fingerprint density at radius 1 is 1.16 bits per heavy atom. The minimum Gasteiger partial charge on any atom is -0.493 e. The van der Waals surface area contributed by atoms with Crippen molar-refractivity contribution in [3.8, 4) is 5.75 Å². The third-order valence-electron chi connectivity index (χ3n) is 5.55. The van der Waals surface area contributed by atoms with Crippen molar-refractivity contribution >= 4 is 27.9 Å². The van der Waals surface area contributed by atoms with Gasteiger partial charge in [-0.2, -0.15) is 0 Å². The number of imide groups is 1. The van der Waals surface area contributed by atoms with Crippen LogP contribution in [0.15, 0.2) is 53.4 Å². The third kappa shape index (κ3) is 4.04. The number of benzene rings is 2. The SMILES string of the molecule is NS(=O)(=O)c1ccc(CCNC(=O)CN2C(=O)N[C@]3(CCOc4ccccc43)C2=O)cc1. The van der Waals surface area contributed by atoms with Crippen LogP contribution >= 0.6 is 0 Å². The molecule has 168 valence electrons. The number of carbonyl (C=O) groups excluding carboxylic acids is 3. The predicted octanol–water partition coefficient (Wildman–Crippen LogP) is 0.223. The number of carbonyl (C=O) groups is 3. The number of urea groups is 1. The monoisotopic (exact) mass is 458 g/mol. The molecule has 10 nitrogen and oxygen atoms in total. The zero-order valence-corrected chi connectivity index (χ0v) is 17.9. The van der Waals surface area contributed by atoms with E-state index in [1.54, 1.807) is 36.4 Å². The zero-order chi connectivity index (χ0) is 22.9. The second kappa shape index (κ2) is 8.24. The fourth-order valence-electron chi connectivity index (χ4n) is 3.91. The van der Waals surface area contributed by atoms with Crippen LogP contribution in [0.4, 0.5) is 4.79 Å². The van der Waals surface area contributed by atoms with E-state index in [0.717, 1.165) is 10.5 Å². The van der Waals surface area contributed by atoms with Gasteiger partial charge in [0.15, 0.2) is 5.54 Å². The molecule has 0 bridgehead atoms. The van der Waals surface area contributed by atoms with Gasteiger partial charge in [0.25, 0.3) is 5.91 Å². The highest BCUT2D eigenvalue weighted by Crippen LogP contribution is 2.40. The molecule has 2 heterocycles. The smallest absolute Gasteiger partial charge is 0.325 e. The van der Waals surface area contributed by atoms with Gasteiger partial charge in [-0.3, -0.25) is 14.5 Å². The molecule has 32 heavy (non-hydrogen) atoms. The first-order valence-electron chi connectivity index (χ1n) is 9.95. The Bertz CT molecular complexity index is 1180. The van der Waals surface area contributed by atoms with Crippen molar-refractivity contribution in [2.24, 2.45) is 5.14 Å². The normalized spacial score (nSPS) is 20.0. The molecule has 1 spiro atoms. The number of para-hydroxylation sites is 1. The Balaban J connectivity index is 1.36. The molecule has 11 heteroatoms. The second-order valence-corrected chi connectivity index (χ2v) is 9.17. The Morgan fingerprint density at radius 3 is 2.59 bits per heavy atom. The minimum absolute atomic E-state index is 0.00691. The second-order valence-electron chi connectivity index (χ2n) is 7.61. The number of hydrogen-bond acceptors (Lipinski definition) is 6. The molecule has 2 aliphatic heterocycles. The number of nitrogens with two attached hydrogens (primary N) is 1. The van der Waals surface area contributed by atoms with E-state index in [1.165, 1.54) is 12.1 Å². The number of nitrogens with one attached hydrogen (secondary N) is 2. The molecular formula is C21H22N4O6S. The van der Waals surface area contributed by atoms with Crippen molar-refractivity contribution in [2.75, 3.05) is 19.7 Å². The fraction of sp³-hybridized carbons (Fsp3) is 0.286. The summed E-state index contributed by atoms with van der Waals surface area (Å²) in [6.07, 6.45) is 0.715. The summed E-state index contributed by atoms with van der Waals surface area (Å²) in [7, 11) is -3.76. The first-order chi connectivity index (χ1) is 15.2. The van der Waals surface area contributed by atoms with Crippen molar-refractivity contribution in [3.63, 3.8) is 0 Å². The number of nitrogens with zero attached hydrogens (tertiary/aromatic N) is 1. The van der Waals surface area contributed by atoms with Crippen LogP contribution in [0.3, 0.4) is 0 Å². The van der Waals surface area contributed by atoms with Gasteiger partial charge in [0.2, 0.25) is 15.9 Å². The van der Waals surface area contributed by atoms with Gasteiger partial charge in [-0.05, 0) is 30.2 Å². The number of primary sulfonamides is 1. The average molecular weight is 458 g/mol. The topological polar surface area (TPSA) is 148 Å². The van der Waals surface area contributed by atoms with Crippen molar-refractivity contribution in [2.45, 2.75) is 23.3 Å². The van der Waals surface area contributed by atoms with Crippen LogP contribution in [-0.2, 0) is 31.6 Å². The van der Waals surface area contributed by atoms with Crippen molar-refractivity contribution in [1.29, 1.82) is 0 Å². The molecule has 1 fully saturated rings. The van der Waals surface area contributed by atoms with Crippen LogP contribution in [-0.4, -0.2) is 50.9 Å². The van der Waals surface area contributed by atoms with Crippen LogP contribution in [0, 0.1) is 0 Å². The number of amides is 4. The van der Waals surface area contributed by atoms with Crippen LogP contribution in [0.1, 0.15) is 17.5 Å². The number of hydrogen-bond donors (Lipinski definition) is 3. The van der Waals surface area contributed by atoms with Crippen molar-refractivity contribution < 1.29 is 27.5 Å². The van der Waals surface area contributed by atoms with E-state index >= 15 is 0 Å². The van der Waals surface area contributed by atoms with Gasteiger partial charge in [0.1, 0.15) is 12.3 Å². The Labute approximate surface area is 184 Å². The lowest BCUT2D eigenvalue weighted by molar-refractivity contribution is -0.136. The molecule has 1 saturated heterocycles. The van der Waals surface area contributed by atoms with E-state index in [2.05, 4.69) is 10.6 Å². The quantitative estimate of drug-likeness (QED) is 0.528. The highest BCUT2D eigenvalue weighted by molar-refractivity contribution is 7.89. The summed E-state index contributed by atoms with van der Waals surface area (Å²) < 4.78 is 28.2. The molecule has 0 aromatic heterocycles. The van der Waals surface area contributed by atoms with E-state index < -0.39 is 40.0 Å². The van der Waals surface area contributed by atoms with Gasteiger partial charge in [-0.25, -0.2) is 18.4 Å². The molecule has 2 aromatic carbocycles. The summed E-state index contributed by atoms with van der Waals surface area (Å²) in [4.78, 5) is 39.0. The highest BCUT2D eigenvalue weighted by atomic mass is 32.2. The molecule has 0 aliphatic carbocycles. The first kappa shape index (κ1) is 21.8. The Kier molecular flexibility index (Phi) is 5.61. The van der Waals surface area contributed by atoms with E-state index in [0.29, 0.717) is 17.7 Å². The summed E-state index contributed by atoms with van der Waals surface area (Å²) in [5, 5.41) is 10.5. The van der Waals surface area contributed by atoms with Crippen LogP contribution in [0.25, 0.3) is 0 Å². The molecule has 4 amide bonds. The summed E-state index contributed by atoms with van der Waals surface area (Å²) >= 11 is 0. The largest absolute Gasteiger partial charge is 0.493 e. The standard InChI is InChI=1S/C21H22N4O6S/c22-32(29,30)15-7-5-14(6-8-15)9-11-23-18(26)13-25-19(27)21(24-20(25)28)10-12-31-17-4-2-1-3-16(17)21/h1-8H,9-13H2,(H,23,26)(H,24,28)(H2,22,29,30)/t21-/m0/s1. The van der Waals surface area contributed by atoms with Gasteiger partial charge in [-0.15, -0.1) is 0 Å². The van der Waals surface area contributed by atoms with E-state index in [1.807, 2.05) is 0 Å². The highest BCUT2D eigenvalue weighted by Gasteiger charge is 2.55. The lowest BCUT2D eigenvalue weighted by Crippen LogP contribution is -2.48. The number of fused-ring (bicyclic) bond motifs is 2. The summed E-state index contributed by atoms with van der Waals surface area (Å²) in [5.41, 5.74) is 0.151. The van der Waals surface area contributed by atoms with Crippen molar-refractivity contribution in [1.82, 2.24) is 15.5 Å². The molecule has 0 unspecified atom stereocenters. The third-order valence-corrected chi connectivity index (χ3v) is 6.48. The molecule has 4 rings (SSSR count). The molecule has 2 aliphatic rings. The van der Waals surface area contributed by atoms with Gasteiger partial charge in [0, 0.05) is 18.5 Å². The maximum atomic E-state index is 13.1. The average Bonchev–Trinajstić information content (AvgIpc) is 2.98. The summed E-state index contributed by atoms with van der Waals surface area (Å²) in [5.74, 6) is -0.425. The van der Waals surface area contributed by atoms with Gasteiger partial charge in [-0.1, -0.05) is 30.3 Å². The van der Waals surface area contributed by atoms with Gasteiger partial charge < -0.3 is 15.4 Å². The van der Waals surface area contributed by atoms with Gasteiger partial charge >= 0.3 is 6.03 Å². The minimum atomic E-state index is -3.76. The number of sulfonamides is 1. The Morgan fingerprint density at radius 2 is 1.88 bits per heavy atom. The molecule has 2 aromatic rings. The lowest BCUT2D eigenvalue weighted by Gasteiger charge is -2.33. The lowest BCUT2D eigenvalue weighted by atomic mass is 9.84.